The first-order valence-electron chi connectivity index (χ1n) is 7.20. The summed E-state index contributed by atoms with van der Waals surface area (Å²) in [5, 5.41) is 0. The fourth-order valence-electron chi connectivity index (χ4n) is 2.45. The van der Waals surface area contributed by atoms with Gasteiger partial charge in [0.15, 0.2) is 0 Å². The van der Waals surface area contributed by atoms with Crippen LogP contribution in [0.3, 0.4) is 0 Å². The number of aromatic nitrogens is 1. The topological polar surface area (TPSA) is 42.1 Å². The molecule has 1 aromatic carbocycles. The molecule has 2 N–H and O–H groups in total. The summed E-state index contributed by atoms with van der Waals surface area (Å²) in [7, 11) is 0. The molecule has 0 radical (unpaired) electrons. The molecule has 1 heterocycles. The smallest absolute Gasteiger partial charge is 0.128 e. The van der Waals surface area contributed by atoms with E-state index >= 15 is 0 Å². The number of hydrogen-bond acceptors (Lipinski definition) is 3. The molecule has 2 aromatic rings. The third kappa shape index (κ3) is 2.99. The van der Waals surface area contributed by atoms with E-state index < -0.39 is 0 Å². The van der Waals surface area contributed by atoms with Gasteiger partial charge in [-0.3, -0.25) is 0 Å². The lowest BCUT2D eigenvalue weighted by molar-refractivity contribution is 0.818. The van der Waals surface area contributed by atoms with E-state index in [-0.39, 0.29) is 6.04 Å². The SMILES string of the molecule is CCN(CC)c1ccc(C(N)c2ccccc2)c(C)n1. The van der Waals surface area contributed by atoms with Gasteiger partial charge in [-0.25, -0.2) is 4.98 Å². The second kappa shape index (κ2) is 6.53. The molecule has 2 rings (SSSR count). The summed E-state index contributed by atoms with van der Waals surface area (Å²) in [5.74, 6) is 1.02. The summed E-state index contributed by atoms with van der Waals surface area (Å²) in [6.07, 6.45) is 0. The zero-order chi connectivity index (χ0) is 14.5. The van der Waals surface area contributed by atoms with Crippen molar-refractivity contribution < 1.29 is 0 Å². The highest BCUT2D eigenvalue weighted by molar-refractivity contribution is 5.44. The van der Waals surface area contributed by atoms with Crippen molar-refractivity contribution in [3.63, 3.8) is 0 Å². The van der Waals surface area contributed by atoms with Crippen molar-refractivity contribution >= 4 is 5.82 Å². The Bertz CT molecular complexity index is 547. The first-order chi connectivity index (χ1) is 9.67. The number of rotatable bonds is 5. The predicted molar refractivity (Wildman–Crippen MR) is 85.0 cm³/mol. The molecule has 1 atom stereocenters. The average Bonchev–Trinajstić information content (AvgIpc) is 2.49. The molecule has 1 unspecified atom stereocenters. The van der Waals surface area contributed by atoms with Crippen LogP contribution < -0.4 is 10.6 Å². The molecule has 0 fully saturated rings. The lowest BCUT2D eigenvalue weighted by Crippen LogP contribution is -2.23. The van der Waals surface area contributed by atoms with Crippen LogP contribution in [0, 0.1) is 6.92 Å². The van der Waals surface area contributed by atoms with E-state index in [1.807, 2.05) is 25.1 Å². The largest absolute Gasteiger partial charge is 0.357 e. The summed E-state index contributed by atoms with van der Waals surface area (Å²) in [5.41, 5.74) is 9.57. The summed E-state index contributed by atoms with van der Waals surface area (Å²) in [4.78, 5) is 6.95. The zero-order valence-electron chi connectivity index (χ0n) is 12.5. The summed E-state index contributed by atoms with van der Waals surface area (Å²) in [6, 6.07) is 14.2. The molecule has 0 aliphatic carbocycles. The number of benzene rings is 1. The maximum absolute atomic E-state index is 6.35. The van der Waals surface area contributed by atoms with Gasteiger partial charge in [-0.1, -0.05) is 36.4 Å². The summed E-state index contributed by atoms with van der Waals surface area (Å²) < 4.78 is 0. The van der Waals surface area contributed by atoms with Gasteiger partial charge in [0.25, 0.3) is 0 Å². The quantitative estimate of drug-likeness (QED) is 0.905. The van der Waals surface area contributed by atoms with Gasteiger partial charge in [-0.2, -0.15) is 0 Å². The third-order valence-corrected chi connectivity index (χ3v) is 3.69. The molecule has 0 spiro atoms. The van der Waals surface area contributed by atoms with E-state index in [0.717, 1.165) is 35.7 Å². The lowest BCUT2D eigenvalue weighted by Gasteiger charge is -2.22. The maximum Gasteiger partial charge on any atom is 0.128 e. The molecule has 1 aromatic heterocycles. The van der Waals surface area contributed by atoms with E-state index in [9.17, 15) is 0 Å². The van der Waals surface area contributed by atoms with Crippen LogP contribution in [0.2, 0.25) is 0 Å². The van der Waals surface area contributed by atoms with Crippen molar-refractivity contribution in [2.24, 2.45) is 5.73 Å². The molecule has 106 valence electrons. The van der Waals surface area contributed by atoms with Gasteiger partial charge in [0.1, 0.15) is 5.82 Å². The van der Waals surface area contributed by atoms with Crippen molar-refractivity contribution in [3.05, 3.63) is 59.3 Å². The molecule has 0 aliphatic rings. The highest BCUT2D eigenvalue weighted by atomic mass is 15.2. The number of pyridine rings is 1. The van der Waals surface area contributed by atoms with Crippen LogP contribution in [0.15, 0.2) is 42.5 Å². The van der Waals surface area contributed by atoms with Crippen LogP contribution in [0.1, 0.15) is 36.7 Å². The Hall–Kier alpha value is -1.87. The average molecular weight is 269 g/mol. The van der Waals surface area contributed by atoms with E-state index in [1.165, 1.54) is 0 Å². The molecule has 0 amide bonds. The molecule has 0 saturated heterocycles. The molecule has 3 heteroatoms. The summed E-state index contributed by atoms with van der Waals surface area (Å²) in [6.45, 7) is 8.25. The van der Waals surface area contributed by atoms with Gasteiger partial charge in [0, 0.05) is 18.8 Å². The minimum absolute atomic E-state index is 0.116. The molecular formula is C17H23N3. The summed E-state index contributed by atoms with van der Waals surface area (Å²) >= 11 is 0. The Kier molecular flexibility index (Phi) is 4.74. The first-order valence-corrected chi connectivity index (χ1v) is 7.20. The van der Waals surface area contributed by atoms with Gasteiger partial charge < -0.3 is 10.6 Å². The van der Waals surface area contributed by atoms with E-state index in [2.05, 4.69) is 43.0 Å². The van der Waals surface area contributed by atoms with E-state index in [1.54, 1.807) is 0 Å². The Morgan fingerprint density at radius 1 is 1.05 bits per heavy atom. The van der Waals surface area contributed by atoms with Gasteiger partial charge in [-0.05, 0) is 38.0 Å². The first kappa shape index (κ1) is 14.5. The number of aryl methyl sites for hydroxylation is 1. The Balaban J connectivity index is 2.30. The predicted octanol–water partition coefficient (Wildman–Crippen LogP) is 3.28. The van der Waals surface area contributed by atoms with Gasteiger partial charge >= 0.3 is 0 Å². The maximum atomic E-state index is 6.35. The molecule has 0 saturated carbocycles. The van der Waals surface area contributed by atoms with Crippen LogP contribution in [0.4, 0.5) is 5.82 Å². The van der Waals surface area contributed by atoms with E-state index in [4.69, 9.17) is 10.7 Å². The van der Waals surface area contributed by atoms with Crippen molar-refractivity contribution in [3.8, 4) is 0 Å². The van der Waals surface area contributed by atoms with Crippen molar-refractivity contribution in [2.45, 2.75) is 26.8 Å². The zero-order valence-corrected chi connectivity index (χ0v) is 12.5. The van der Waals surface area contributed by atoms with E-state index in [0.29, 0.717) is 0 Å². The highest BCUT2D eigenvalue weighted by Crippen LogP contribution is 2.23. The molecule has 3 nitrogen and oxygen atoms in total. The van der Waals surface area contributed by atoms with Crippen molar-refractivity contribution in [1.82, 2.24) is 4.98 Å². The van der Waals surface area contributed by atoms with Crippen LogP contribution in [-0.2, 0) is 0 Å². The lowest BCUT2D eigenvalue weighted by atomic mass is 9.98. The second-order valence-corrected chi connectivity index (χ2v) is 4.90. The molecule has 20 heavy (non-hydrogen) atoms. The Labute approximate surface area is 121 Å². The van der Waals surface area contributed by atoms with Crippen LogP contribution in [0.25, 0.3) is 0 Å². The van der Waals surface area contributed by atoms with Gasteiger partial charge in [-0.15, -0.1) is 0 Å². The Morgan fingerprint density at radius 3 is 2.25 bits per heavy atom. The highest BCUT2D eigenvalue weighted by Gasteiger charge is 2.13. The van der Waals surface area contributed by atoms with Crippen LogP contribution in [-0.4, -0.2) is 18.1 Å². The minimum atomic E-state index is -0.116. The minimum Gasteiger partial charge on any atom is -0.357 e. The van der Waals surface area contributed by atoms with Gasteiger partial charge in [0.05, 0.1) is 6.04 Å². The second-order valence-electron chi connectivity index (χ2n) is 4.90. The van der Waals surface area contributed by atoms with Gasteiger partial charge in [0.2, 0.25) is 0 Å². The van der Waals surface area contributed by atoms with Crippen LogP contribution in [0.5, 0.6) is 0 Å². The fraction of sp³-hybridized carbons (Fsp3) is 0.353. The number of anilines is 1. The molecule has 0 aliphatic heterocycles. The number of nitrogens with two attached hydrogens (primary N) is 1. The normalized spacial score (nSPS) is 12.2. The standard InChI is InChI=1S/C17H23N3/c1-4-20(5-2)16-12-11-15(13(3)19-16)17(18)14-9-7-6-8-10-14/h6-12,17H,4-5,18H2,1-3H3. The third-order valence-electron chi connectivity index (χ3n) is 3.69. The molecule has 0 bridgehead atoms. The fourth-order valence-corrected chi connectivity index (χ4v) is 2.45. The monoisotopic (exact) mass is 269 g/mol. The Morgan fingerprint density at radius 2 is 1.70 bits per heavy atom. The van der Waals surface area contributed by atoms with Crippen molar-refractivity contribution in [1.29, 1.82) is 0 Å². The molecular weight excluding hydrogens is 246 g/mol. The number of nitrogens with zero attached hydrogens (tertiary/aromatic N) is 2. The van der Waals surface area contributed by atoms with Crippen molar-refractivity contribution in [2.75, 3.05) is 18.0 Å². The van der Waals surface area contributed by atoms with Crippen LogP contribution >= 0.6 is 0 Å². The number of hydrogen-bond donors (Lipinski definition) is 1.